The zero-order valence-electron chi connectivity index (χ0n) is 23.7. The van der Waals surface area contributed by atoms with Crippen molar-refractivity contribution >= 4 is 17.9 Å². The van der Waals surface area contributed by atoms with E-state index in [1.807, 2.05) is 30.9 Å². The molecule has 0 unspecified atom stereocenters. The summed E-state index contributed by atoms with van der Waals surface area (Å²) in [5.41, 5.74) is 8.18. The third-order valence-corrected chi connectivity index (χ3v) is 8.19. The molecule has 2 aromatic rings. The molecular weight excluding hydrogens is 510 g/mol. The first-order chi connectivity index (χ1) is 19.3. The standard InChI is InChI=1S/C29H41N7O4/c1-19(2)39-29(38)34-12-9-21(10-13-34)20(3)40-26-8-7-22(14-31-26)23-15-32-28(33-16-23)35-17-24(30)25(18-35)36-11-5-4-6-27(36)37/h7-8,14-16,19-21,24-25H,4-6,9-13,17-18,30H2,1-3H3/t20-,24-,25-/m0/s1. The first-order valence-corrected chi connectivity index (χ1v) is 14.5. The van der Waals surface area contributed by atoms with Crippen LogP contribution in [0.4, 0.5) is 10.7 Å². The second kappa shape index (κ2) is 12.4. The van der Waals surface area contributed by atoms with Gasteiger partial charge in [-0.05, 0) is 58.4 Å². The molecule has 3 saturated heterocycles. The number of hydrogen-bond acceptors (Lipinski definition) is 9. The Bertz CT molecular complexity index is 1150. The van der Waals surface area contributed by atoms with Crippen molar-refractivity contribution in [3.05, 3.63) is 30.7 Å². The minimum absolute atomic E-state index is 0.00384. The Morgan fingerprint density at radius 3 is 2.35 bits per heavy atom. The van der Waals surface area contributed by atoms with Gasteiger partial charge in [0.2, 0.25) is 17.7 Å². The summed E-state index contributed by atoms with van der Waals surface area (Å²) in [5, 5.41) is 0. The molecule has 0 spiro atoms. The Morgan fingerprint density at radius 1 is 0.975 bits per heavy atom. The second-order valence-electron chi connectivity index (χ2n) is 11.4. The van der Waals surface area contributed by atoms with E-state index in [4.69, 9.17) is 15.2 Å². The van der Waals surface area contributed by atoms with E-state index in [-0.39, 0.29) is 36.3 Å². The van der Waals surface area contributed by atoms with Gasteiger partial charge in [0.15, 0.2) is 0 Å². The van der Waals surface area contributed by atoms with Gasteiger partial charge in [-0.25, -0.2) is 19.7 Å². The molecule has 216 valence electrons. The summed E-state index contributed by atoms with van der Waals surface area (Å²) >= 11 is 0. The summed E-state index contributed by atoms with van der Waals surface area (Å²) < 4.78 is 11.5. The maximum Gasteiger partial charge on any atom is 0.410 e. The number of nitrogens with zero attached hydrogens (tertiary/aromatic N) is 6. The van der Waals surface area contributed by atoms with Crippen molar-refractivity contribution in [1.29, 1.82) is 0 Å². The van der Waals surface area contributed by atoms with E-state index in [0.717, 1.165) is 43.4 Å². The van der Waals surface area contributed by atoms with Crippen LogP contribution in [0.5, 0.6) is 5.88 Å². The lowest BCUT2D eigenvalue weighted by Gasteiger charge is -2.34. The molecule has 2 aromatic heterocycles. The fourth-order valence-corrected chi connectivity index (χ4v) is 5.85. The fourth-order valence-electron chi connectivity index (χ4n) is 5.85. The summed E-state index contributed by atoms with van der Waals surface area (Å²) in [7, 11) is 0. The summed E-state index contributed by atoms with van der Waals surface area (Å²) in [6.07, 6.45) is 9.35. The molecule has 0 aromatic carbocycles. The predicted molar refractivity (Wildman–Crippen MR) is 151 cm³/mol. The average Bonchev–Trinajstić information content (AvgIpc) is 3.34. The third-order valence-electron chi connectivity index (χ3n) is 8.19. The molecule has 2 amide bonds. The summed E-state index contributed by atoms with van der Waals surface area (Å²) in [6, 6.07) is 3.72. The highest BCUT2D eigenvalue weighted by Crippen LogP contribution is 2.27. The Morgan fingerprint density at radius 2 is 1.70 bits per heavy atom. The summed E-state index contributed by atoms with van der Waals surface area (Å²) in [4.78, 5) is 44.0. The van der Waals surface area contributed by atoms with Gasteiger partial charge in [-0.15, -0.1) is 0 Å². The largest absolute Gasteiger partial charge is 0.474 e. The van der Waals surface area contributed by atoms with E-state index < -0.39 is 0 Å². The highest BCUT2D eigenvalue weighted by atomic mass is 16.6. The highest BCUT2D eigenvalue weighted by molar-refractivity contribution is 5.77. The molecule has 0 saturated carbocycles. The maximum atomic E-state index is 12.4. The Kier molecular flexibility index (Phi) is 8.68. The van der Waals surface area contributed by atoms with Crippen molar-refractivity contribution in [3.8, 4) is 17.0 Å². The number of anilines is 1. The Labute approximate surface area is 236 Å². The van der Waals surface area contributed by atoms with Gasteiger partial charge in [-0.1, -0.05) is 0 Å². The van der Waals surface area contributed by atoms with Crippen molar-refractivity contribution in [2.24, 2.45) is 11.7 Å². The second-order valence-corrected chi connectivity index (χ2v) is 11.4. The smallest absolute Gasteiger partial charge is 0.410 e. The number of rotatable bonds is 7. The number of piperidine rings is 2. The number of likely N-dealkylation sites (tertiary alicyclic amines) is 2. The van der Waals surface area contributed by atoms with Crippen molar-refractivity contribution in [2.75, 3.05) is 37.6 Å². The van der Waals surface area contributed by atoms with Crippen molar-refractivity contribution < 1.29 is 19.1 Å². The number of carbonyl (C=O) groups excluding carboxylic acids is 2. The number of amides is 2. The molecule has 2 N–H and O–H groups in total. The van der Waals surface area contributed by atoms with Crippen LogP contribution < -0.4 is 15.4 Å². The van der Waals surface area contributed by atoms with Crippen LogP contribution in [0.15, 0.2) is 30.7 Å². The Hall–Kier alpha value is -3.47. The van der Waals surface area contributed by atoms with E-state index >= 15 is 0 Å². The monoisotopic (exact) mass is 551 g/mol. The number of carbonyl (C=O) groups is 2. The first-order valence-electron chi connectivity index (χ1n) is 14.5. The molecule has 3 aliphatic heterocycles. The van der Waals surface area contributed by atoms with E-state index in [9.17, 15) is 9.59 Å². The molecule has 0 aliphatic carbocycles. The van der Waals surface area contributed by atoms with Crippen LogP contribution in [0.2, 0.25) is 0 Å². The van der Waals surface area contributed by atoms with Crippen molar-refractivity contribution in [2.45, 2.75) is 77.2 Å². The fraction of sp³-hybridized carbons (Fsp3) is 0.621. The van der Waals surface area contributed by atoms with Crippen LogP contribution in [-0.4, -0.2) is 93.8 Å². The molecule has 40 heavy (non-hydrogen) atoms. The topological polar surface area (TPSA) is 127 Å². The minimum Gasteiger partial charge on any atom is -0.474 e. The number of hydrogen-bond donors (Lipinski definition) is 1. The maximum absolute atomic E-state index is 12.4. The third kappa shape index (κ3) is 6.46. The van der Waals surface area contributed by atoms with E-state index in [1.165, 1.54) is 0 Å². The lowest BCUT2D eigenvalue weighted by molar-refractivity contribution is -0.135. The van der Waals surface area contributed by atoms with Crippen LogP contribution in [0.25, 0.3) is 11.1 Å². The summed E-state index contributed by atoms with van der Waals surface area (Å²) in [5.74, 6) is 1.74. The lowest BCUT2D eigenvalue weighted by Crippen LogP contribution is -2.51. The van der Waals surface area contributed by atoms with Gasteiger partial charge in [-0.2, -0.15) is 0 Å². The van der Waals surface area contributed by atoms with E-state index in [2.05, 4.69) is 26.8 Å². The minimum atomic E-state index is -0.238. The highest BCUT2D eigenvalue weighted by Gasteiger charge is 2.38. The van der Waals surface area contributed by atoms with Crippen molar-refractivity contribution in [3.63, 3.8) is 0 Å². The van der Waals surface area contributed by atoms with Crippen LogP contribution in [0.3, 0.4) is 0 Å². The van der Waals surface area contributed by atoms with Crippen LogP contribution >= 0.6 is 0 Å². The molecule has 0 bridgehead atoms. The molecule has 3 atom stereocenters. The molecular formula is C29H41N7O4. The van der Waals surface area contributed by atoms with Gasteiger partial charge in [-0.3, -0.25) is 4.79 Å². The van der Waals surface area contributed by atoms with Gasteiger partial charge in [0.1, 0.15) is 6.10 Å². The zero-order chi connectivity index (χ0) is 28.2. The van der Waals surface area contributed by atoms with E-state index in [0.29, 0.717) is 50.3 Å². The SMILES string of the molecule is CC(C)OC(=O)N1CCC([C@H](C)Oc2ccc(-c3cnc(N4C[C@H](N)[C@@H](N5CCCCC5=O)C4)nc3)cn2)CC1. The average molecular weight is 552 g/mol. The first kappa shape index (κ1) is 28.1. The number of ether oxygens (including phenoxy) is 2. The molecule has 11 heteroatoms. The summed E-state index contributed by atoms with van der Waals surface area (Å²) in [6.45, 7) is 9.19. The zero-order valence-corrected chi connectivity index (χ0v) is 23.7. The Balaban J connectivity index is 1.13. The van der Waals surface area contributed by atoms with Crippen LogP contribution in [0, 0.1) is 5.92 Å². The number of aromatic nitrogens is 3. The van der Waals surface area contributed by atoms with E-state index in [1.54, 1.807) is 23.5 Å². The number of nitrogens with two attached hydrogens (primary N) is 1. The van der Waals surface area contributed by atoms with Gasteiger partial charge in [0.05, 0.1) is 12.1 Å². The van der Waals surface area contributed by atoms with Crippen LogP contribution in [-0.2, 0) is 9.53 Å². The molecule has 11 nitrogen and oxygen atoms in total. The molecule has 3 aliphatic rings. The quantitative estimate of drug-likeness (QED) is 0.552. The molecule has 5 heterocycles. The number of pyridine rings is 1. The van der Waals surface area contributed by atoms with Crippen molar-refractivity contribution in [1.82, 2.24) is 24.8 Å². The molecule has 3 fully saturated rings. The van der Waals surface area contributed by atoms with Gasteiger partial charge >= 0.3 is 6.09 Å². The van der Waals surface area contributed by atoms with Gasteiger partial charge in [0.25, 0.3) is 0 Å². The van der Waals surface area contributed by atoms with Gasteiger partial charge < -0.3 is 29.9 Å². The molecule has 5 rings (SSSR count). The van der Waals surface area contributed by atoms with Gasteiger partial charge in [0, 0.05) is 81.0 Å². The normalized spacial score (nSPS) is 23.0. The lowest BCUT2D eigenvalue weighted by atomic mass is 9.92. The predicted octanol–water partition coefficient (Wildman–Crippen LogP) is 3.09. The van der Waals surface area contributed by atoms with Crippen LogP contribution in [0.1, 0.15) is 52.9 Å². The molecule has 0 radical (unpaired) electrons.